The molecule has 0 saturated carbocycles. The van der Waals surface area contributed by atoms with Crippen LogP contribution < -0.4 is 5.32 Å². The second-order valence-corrected chi connectivity index (χ2v) is 8.69. The average molecular weight is 419 g/mol. The number of urea groups is 1. The molecule has 7 nitrogen and oxygen atoms in total. The molecule has 1 aliphatic rings. The lowest BCUT2D eigenvalue weighted by Gasteiger charge is -2.22. The first kappa shape index (κ1) is 20.1. The van der Waals surface area contributed by atoms with Gasteiger partial charge in [-0.1, -0.05) is 11.6 Å². The Morgan fingerprint density at radius 3 is 2.32 bits per heavy atom. The van der Waals surface area contributed by atoms with Gasteiger partial charge >= 0.3 is 6.03 Å². The zero-order chi connectivity index (χ0) is 20.1. The van der Waals surface area contributed by atoms with Crippen molar-refractivity contribution in [3.63, 3.8) is 0 Å². The number of nitrogens with zero attached hydrogens (tertiary/aromatic N) is 3. The predicted molar refractivity (Wildman–Crippen MR) is 107 cm³/mol. The van der Waals surface area contributed by atoms with Crippen molar-refractivity contribution >= 4 is 33.3 Å². The van der Waals surface area contributed by atoms with Crippen LogP contribution in [-0.4, -0.2) is 49.8 Å². The fraction of sp³-hybridized carbons (Fsp3) is 0.263. The van der Waals surface area contributed by atoms with Gasteiger partial charge in [0, 0.05) is 36.9 Å². The van der Waals surface area contributed by atoms with E-state index in [1.807, 2.05) is 6.07 Å². The molecule has 0 atom stereocenters. The van der Waals surface area contributed by atoms with Crippen molar-refractivity contribution in [2.45, 2.75) is 11.3 Å². The zero-order valence-corrected chi connectivity index (χ0v) is 16.6. The van der Waals surface area contributed by atoms with Gasteiger partial charge in [-0.15, -0.1) is 0 Å². The van der Waals surface area contributed by atoms with E-state index < -0.39 is 10.0 Å². The molecule has 2 amide bonds. The van der Waals surface area contributed by atoms with Crippen LogP contribution in [0.4, 0.5) is 10.5 Å². The Morgan fingerprint density at radius 2 is 1.68 bits per heavy atom. The van der Waals surface area contributed by atoms with Gasteiger partial charge < -0.3 is 10.2 Å². The van der Waals surface area contributed by atoms with Crippen LogP contribution in [0.5, 0.6) is 0 Å². The summed E-state index contributed by atoms with van der Waals surface area (Å²) in [7, 11) is -3.67. The van der Waals surface area contributed by atoms with Gasteiger partial charge in [0.25, 0.3) is 0 Å². The number of anilines is 1. The number of hydrogen-bond acceptors (Lipinski definition) is 4. The normalized spacial score (nSPS) is 15.5. The summed E-state index contributed by atoms with van der Waals surface area (Å²) in [4.78, 5) is 14.2. The summed E-state index contributed by atoms with van der Waals surface area (Å²) in [5.41, 5.74) is 1.03. The number of nitriles is 1. The minimum Gasteiger partial charge on any atom is -0.323 e. The molecular formula is C19H19ClN4O3S. The summed E-state index contributed by atoms with van der Waals surface area (Å²) in [6, 6.07) is 14.3. The van der Waals surface area contributed by atoms with Gasteiger partial charge in [0.15, 0.2) is 0 Å². The van der Waals surface area contributed by atoms with E-state index in [2.05, 4.69) is 5.32 Å². The van der Waals surface area contributed by atoms with Gasteiger partial charge in [-0.25, -0.2) is 13.2 Å². The Kier molecular flexibility index (Phi) is 6.19. The lowest BCUT2D eigenvalue weighted by molar-refractivity contribution is 0.214. The molecular weight excluding hydrogens is 400 g/mol. The number of halogens is 1. The van der Waals surface area contributed by atoms with Crippen molar-refractivity contribution in [1.82, 2.24) is 9.21 Å². The molecule has 0 spiro atoms. The third kappa shape index (κ3) is 4.62. The number of nitrogens with one attached hydrogen (secondary N) is 1. The molecule has 1 aliphatic heterocycles. The summed E-state index contributed by atoms with van der Waals surface area (Å²) >= 11 is 5.84. The minimum absolute atomic E-state index is 0.144. The molecule has 1 N–H and O–H groups in total. The topological polar surface area (TPSA) is 93.5 Å². The van der Waals surface area contributed by atoms with Crippen LogP contribution in [0.2, 0.25) is 5.02 Å². The molecule has 146 valence electrons. The monoisotopic (exact) mass is 418 g/mol. The van der Waals surface area contributed by atoms with E-state index in [-0.39, 0.29) is 24.0 Å². The fourth-order valence-corrected chi connectivity index (χ4v) is 4.52. The van der Waals surface area contributed by atoms with Crippen molar-refractivity contribution in [2.75, 3.05) is 31.5 Å². The molecule has 1 saturated heterocycles. The minimum atomic E-state index is -3.67. The van der Waals surface area contributed by atoms with Gasteiger partial charge in [-0.05, 0) is 55.0 Å². The van der Waals surface area contributed by atoms with Crippen LogP contribution in [0.15, 0.2) is 53.4 Å². The fourth-order valence-electron chi connectivity index (χ4n) is 2.92. The van der Waals surface area contributed by atoms with E-state index >= 15 is 0 Å². The number of carbonyl (C=O) groups excluding carboxylic acids is 1. The number of amides is 2. The molecule has 0 radical (unpaired) electrons. The molecule has 3 rings (SSSR count). The number of rotatable bonds is 3. The van der Waals surface area contributed by atoms with Gasteiger partial charge in [0.1, 0.15) is 0 Å². The summed E-state index contributed by atoms with van der Waals surface area (Å²) in [6.45, 7) is 1.27. The standard InChI is InChI=1S/C19H19ClN4O3S/c20-16-4-6-17(7-5-16)22-19(25)23-10-1-11-24(13-12-23)28(26,27)18-8-2-15(14-21)3-9-18/h2-9H,1,10-13H2,(H,22,25). The van der Waals surface area contributed by atoms with E-state index in [9.17, 15) is 13.2 Å². The predicted octanol–water partition coefficient (Wildman–Crippen LogP) is 3.14. The highest BCUT2D eigenvalue weighted by Gasteiger charge is 2.28. The van der Waals surface area contributed by atoms with Crippen LogP contribution >= 0.6 is 11.6 Å². The maximum absolute atomic E-state index is 12.9. The van der Waals surface area contributed by atoms with Crippen LogP contribution in [0.25, 0.3) is 0 Å². The molecule has 1 fully saturated rings. The first-order valence-electron chi connectivity index (χ1n) is 8.72. The number of hydrogen-bond donors (Lipinski definition) is 1. The molecule has 2 aromatic carbocycles. The lowest BCUT2D eigenvalue weighted by Crippen LogP contribution is -2.39. The molecule has 0 aromatic heterocycles. The van der Waals surface area contributed by atoms with Crippen LogP contribution in [0.1, 0.15) is 12.0 Å². The molecule has 9 heteroatoms. The van der Waals surface area contributed by atoms with Gasteiger partial charge in [-0.3, -0.25) is 0 Å². The molecule has 2 aromatic rings. The second-order valence-electron chi connectivity index (χ2n) is 6.32. The maximum atomic E-state index is 12.9. The largest absolute Gasteiger partial charge is 0.323 e. The first-order valence-corrected chi connectivity index (χ1v) is 10.5. The highest BCUT2D eigenvalue weighted by atomic mass is 35.5. The highest BCUT2D eigenvalue weighted by molar-refractivity contribution is 7.89. The first-order chi connectivity index (χ1) is 13.4. The van der Waals surface area contributed by atoms with E-state index in [0.717, 1.165) is 0 Å². The quantitative estimate of drug-likeness (QED) is 0.828. The highest BCUT2D eigenvalue weighted by Crippen LogP contribution is 2.19. The molecule has 1 heterocycles. The van der Waals surface area contributed by atoms with E-state index in [0.29, 0.717) is 35.8 Å². The summed E-state index contributed by atoms with van der Waals surface area (Å²) in [5, 5.41) is 12.2. The van der Waals surface area contributed by atoms with Crippen molar-refractivity contribution in [3.05, 3.63) is 59.1 Å². The molecule has 0 unspecified atom stereocenters. The van der Waals surface area contributed by atoms with Crippen molar-refractivity contribution < 1.29 is 13.2 Å². The summed E-state index contributed by atoms with van der Waals surface area (Å²) in [6.07, 6.45) is 0.531. The zero-order valence-electron chi connectivity index (χ0n) is 15.0. The summed E-state index contributed by atoms with van der Waals surface area (Å²) in [5.74, 6) is 0. The van der Waals surface area contributed by atoms with E-state index in [1.165, 1.54) is 28.6 Å². The van der Waals surface area contributed by atoms with Gasteiger partial charge in [0.05, 0.1) is 16.5 Å². The van der Waals surface area contributed by atoms with E-state index in [4.69, 9.17) is 16.9 Å². The average Bonchev–Trinajstić information content (AvgIpc) is 2.97. The molecule has 0 aliphatic carbocycles. The molecule has 28 heavy (non-hydrogen) atoms. The Labute approximate surface area is 169 Å². The maximum Gasteiger partial charge on any atom is 0.321 e. The molecule has 0 bridgehead atoms. The lowest BCUT2D eigenvalue weighted by atomic mass is 10.2. The van der Waals surface area contributed by atoms with Crippen LogP contribution in [0, 0.1) is 11.3 Å². The summed E-state index contributed by atoms with van der Waals surface area (Å²) < 4.78 is 27.1. The van der Waals surface area contributed by atoms with Crippen molar-refractivity contribution in [2.24, 2.45) is 0 Å². The third-order valence-electron chi connectivity index (χ3n) is 4.46. The Balaban J connectivity index is 1.65. The van der Waals surface area contributed by atoms with Crippen molar-refractivity contribution in [3.8, 4) is 6.07 Å². The Bertz CT molecular complexity index is 985. The number of sulfonamides is 1. The number of benzene rings is 2. The Hall–Kier alpha value is -2.60. The van der Waals surface area contributed by atoms with Crippen LogP contribution in [-0.2, 0) is 10.0 Å². The van der Waals surface area contributed by atoms with Gasteiger partial charge in [0.2, 0.25) is 10.0 Å². The van der Waals surface area contributed by atoms with Crippen LogP contribution in [0.3, 0.4) is 0 Å². The Morgan fingerprint density at radius 1 is 1.00 bits per heavy atom. The SMILES string of the molecule is N#Cc1ccc(S(=O)(=O)N2CCCN(C(=O)Nc3ccc(Cl)cc3)CC2)cc1. The van der Waals surface area contributed by atoms with Crippen molar-refractivity contribution in [1.29, 1.82) is 5.26 Å². The van der Waals surface area contributed by atoms with E-state index in [1.54, 1.807) is 29.2 Å². The smallest absolute Gasteiger partial charge is 0.321 e. The third-order valence-corrected chi connectivity index (χ3v) is 6.62. The second kappa shape index (κ2) is 8.61. The number of carbonyl (C=O) groups is 1. The van der Waals surface area contributed by atoms with Gasteiger partial charge in [-0.2, -0.15) is 9.57 Å².